The number of carbonyl (C=O) groups is 2. The molecular weight excluding hydrogens is 463 g/mol. The number of amides is 2. The van der Waals surface area contributed by atoms with E-state index in [4.69, 9.17) is 4.74 Å². The number of hydrogen-bond donors (Lipinski definition) is 1. The lowest BCUT2D eigenvalue weighted by Gasteiger charge is -2.20. The summed E-state index contributed by atoms with van der Waals surface area (Å²) >= 11 is 0. The molecule has 3 heterocycles. The molecule has 1 saturated heterocycles. The summed E-state index contributed by atoms with van der Waals surface area (Å²) in [6.07, 6.45) is -1.15. The minimum atomic E-state index is -4.50. The average Bonchev–Trinajstić information content (AvgIpc) is 3.45. The first-order valence-corrected chi connectivity index (χ1v) is 11.0. The molecule has 1 aliphatic heterocycles. The van der Waals surface area contributed by atoms with Crippen LogP contribution in [0.3, 0.4) is 0 Å². The van der Waals surface area contributed by atoms with Crippen molar-refractivity contribution in [2.45, 2.75) is 38.8 Å². The van der Waals surface area contributed by atoms with E-state index in [0.717, 1.165) is 18.7 Å². The lowest BCUT2D eigenvalue weighted by molar-refractivity contribution is -0.137. The number of carbonyl (C=O) groups excluding carboxylic acids is 2. The molecular formula is C24H24F3N5O3. The van der Waals surface area contributed by atoms with Crippen LogP contribution in [0, 0.1) is 0 Å². The molecule has 3 aromatic rings. The first-order valence-electron chi connectivity index (χ1n) is 11.0. The molecule has 4 rings (SSSR count). The standard InChI is InChI=1S/C24H24F3N5O3/c1-14(2)22-17(13-29-32(22)20-9-6-15(12-28-20)24(25,26)27)23(34)30-16-7-8-18(19(11-16)35-3)31-10-4-5-21(31)33/h6-9,11-14H,4-5,10H2,1-3H3,(H,30,34). The molecule has 2 aromatic heterocycles. The van der Waals surface area contributed by atoms with Crippen LogP contribution in [-0.4, -0.2) is 40.2 Å². The molecule has 184 valence electrons. The predicted molar refractivity (Wildman–Crippen MR) is 123 cm³/mol. The predicted octanol–water partition coefficient (Wildman–Crippen LogP) is 4.80. The summed E-state index contributed by atoms with van der Waals surface area (Å²) in [4.78, 5) is 30.8. The van der Waals surface area contributed by atoms with Crippen molar-refractivity contribution < 1.29 is 27.5 Å². The second-order valence-corrected chi connectivity index (χ2v) is 8.40. The molecule has 35 heavy (non-hydrogen) atoms. The quantitative estimate of drug-likeness (QED) is 0.540. The van der Waals surface area contributed by atoms with Gasteiger partial charge in [-0.15, -0.1) is 0 Å². The fourth-order valence-electron chi connectivity index (χ4n) is 4.03. The number of alkyl halides is 3. The van der Waals surface area contributed by atoms with Crippen molar-refractivity contribution in [3.8, 4) is 11.6 Å². The molecule has 0 saturated carbocycles. The molecule has 1 fully saturated rings. The molecule has 0 radical (unpaired) electrons. The summed E-state index contributed by atoms with van der Waals surface area (Å²) in [6.45, 7) is 4.30. The highest BCUT2D eigenvalue weighted by Gasteiger charge is 2.31. The van der Waals surface area contributed by atoms with Gasteiger partial charge in [0.05, 0.1) is 35.8 Å². The molecule has 11 heteroatoms. The third kappa shape index (κ3) is 4.84. The Morgan fingerprint density at radius 1 is 1.17 bits per heavy atom. The van der Waals surface area contributed by atoms with Crippen molar-refractivity contribution in [2.24, 2.45) is 0 Å². The van der Waals surface area contributed by atoms with Gasteiger partial charge >= 0.3 is 6.18 Å². The molecule has 0 aliphatic carbocycles. The van der Waals surface area contributed by atoms with Gasteiger partial charge in [-0.1, -0.05) is 13.8 Å². The van der Waals surface area contributed by atoms with Crippen LogP contribution in [0.5, 0.6) is 5.75 Å². The Balaban J connectivity index is 1.61. The highest BCUT2D eigenvalue weighted by Crippen LogP contribution is 2.34. The number of pyridine rings is 1. The maximum Gasteiger partial charge on any atom is 0.417 e. The van der Waals surface area contributed by atoms with Gasteiger partial charge in [-0.25, -0.2) is 9.67 Å². The summed E-state index contributed by atoms with van der Waals surface area (Å²) in [7, 11) is 1.49. The van der Waals surface area contributed by atoms with Gasteiger partial charge in [0.25, 0.3) is 5.91 Å². The normalized spacial score (nSPS) is 14.0. The smallest absolute Gasteiger partial charge is 0.417 e. The van der Waals surface area contributed by atoms with Gasteiger partial charge in [0.15, 0.2) is 5.82 Å². The highest BCUT2D eigenvalue weighted by atomic mass is 19.4. The number of anilines is 2. The monoisotopic (exact) mass is 487 g/mol. The highest BCUT2D eigenvalue weighted by molar-refractivity contribution is 6.05. The lowest BCUT2D eigenvalue weighted by atomic mass is 10.1. The molecule has 0 spiro atoms. The Morgan fingerprint density at radius 3 is 2.51 bits per heavy atom. The van der Waals surface area contributed by atoms with Crippen LogP contribution in [-0.2, 0) is 11.0 Å². The lowest BCUT2D eigenvalue weighted by Crippen LogP contribution is -2.24. The summed E-state index contributed by atoms with van der Waals surface area (Å²) < 4.78 is 45.5. The second-order valence-electron chi connectivity index (χ2n) is 8.40. The van der Waals surface area contributed by atoms with Crippen LogP contribution in [0.4, 0.5) is 24.5 Å². The fourth-order valence-corrected chi connectivity index (χ4v) is 4.03. The van der Waals surface area contributed by atoms with Crippen molar-refractivity contribution in [1.29, 1.82) is 0 Å². The van der Waals surface area contributed by atoms with Gasteiger partial charge in [-0.05, 0) is 36.6 Å². The summed E-state index contributed by atoms with van der Waals surface area (Å²) in [5, 5.41) is 7.02. The van der Waals surface area contributed by atoms with E-state index in [-0.39, 0.29) is 23.2 Å². The van der Waals surface area contributed by atoms with E-state index in [1.165, 1.54) is 24.1 Å². The molecule has 2 amide bonds. The zero-order valence-corrected chi connectivity index (χ0v) is 19.4. The molecule has 0 bridgehead atoms. The van der Waals surface area contributed by atoms with E-state index in [1.54, 1.807) is 23.1 Å². The summed E-state index contributed by atoms with van der Waals surface area (Å²) in [5.74, 6) is 0.0131. The minimum Gasteiger partial charge on any atom is -0.494 e. The van der Waals surface area contributed by atoms with Crippen molar-refractivity contribution in [1.82, 2.24) is 14.8 Å². The number of nitrogens with zero attached hydrogens (tertiary/aromatic N) is 4. The number of benzene rings is 1. The van der Waals surface area contributed by atoms with Crippen LogP contribution >= 0.6 is 0 Å². The van der Waals surface area contributed by atoms with Gasteiger partial charge in [0.1, 0.15) is 5.75 Å². The Bertz CT molecular complexity index is 1250. The summed E-state index contributed by atoms with van der Waals surface area (Å²) in [5.41, 5.74) is 0.986. The van der Waals surface area contributed by atoms with Crippen molar-refractivity contribution in [2.75, 3.05) is 23.9 Å². The average molecular weight is 487 g/mol. The van der Waals surface area contributed by atoms with Crippen molar-refractivity contribution in [3.63, 3.8) is 0 Å². The zero-order valence-electron chi connectivity index (χ0n) is 19.4. The van der Waals surface area contributed by atoms with Crippen LogP contribution in [0.15, 0.2) is 42.7 Å². The van der Waals surface area contributed by atoms with Gasteiger partial charge in [0, 0.05) is 30.9 Å². The fraction of sp³-hybridized carbons (Fsp3) is 0.333. The SMILES string of the molecule is COc1cc(NC(=O)c2cnn(-c3ccc(C(F)(F)F)cn3)c2C(C)C)ccc1N1CCCC1=O. The van der Waals surface area contributed by atoms with E-state index >= 15 is 0 Å². The molecule has 8 nitrogen and oxygen atoms in total. The second kappa shape index (κ2) is 9.40. The molecule has 1 aromatic carbocycles. The number of rotatable bonds is 6. The minimum absolute atomic E-state index is 0.0194. The van der Waals surface area contributed by atoms with E-state index in [0.29, 0.717) is 35.8 Å². The van der Waals surface area contributed by atoms with E-state index < -0.39 is 17.6 Å². The van der Waals surface area contributed by atoms with Gasteiger partial charge in [0.2, 0.25) is 5.91 Å². The molecule has 0 atom stereocenters. The molecule has 1 aliphatic rings. The largest absolute Gasteiger partial charge is 0.494 e. The maximum atomic E-state index is 13.1. The van der Waals surface area contributed by atoms with Crippen LogP contribution in [0.1, 0.15) is 54.2 Å². The van der Waals surface area contributed by atoms with Crippen molar-refractivity contribution >= 4 is 23.2 Å². The van der Waals surface area contributed by atoms with Gasteiger partial charge in [-0.3, -0.25) is 9.59 Å². The Kier molecular flexibility index (Phi) is 6.51. The Hall–Kier alpha value is -3.89. The Labute approximate surface area is 199 Å². The first-order chi connectivity index (χ1) is 16.6. The van der Waals surface area contributed by atoms with E-state index in [9.17, 15) is 22.8 Å². The third-order valence-corrected chi connectivity index (χ3v) is 5.69. The number of halogens is 3. The topological polar surface area (TPSA) is 89.3 Å². The van der Waals surface area contributed by atoms with Crippen LogP contribution in [0.2, 0.25) is 0 Å². The van der Waals surface area contributed by atoms with Crippen molar-refractivity contribution in [3.05, 3.63) is 59.5 Å². The van der Waals surface area contributed by atoms with Crippen LogP contribution < -0.4 is 15.0 Å². The molecule has 0 unspecified atom stereocenters. The number of methoxy groups -OCH3 is 1. The molecule has 1 N–H and O–H groups in total. The summed E-state index contributed by atoms with van der Waals surface area (Å²) in [6, 6.07) is 7.17. The van der Waals surface area contributed by atoms with Crippen LogP contribution in [0.25, 0.3) is 5.82 Å². The van der Waals surface area contributed by atoms with Gasteiger partial charge in [-0.2, -0.15) is 18.3 Å². The number of hydrogen-bond acceptors (Lipinski definition) is 5. The van der Waals surface area contributed by atoms with E-state index in [1.807, 2.05) is 13.8 Å². The number of aromatic nitrogens is 3. The first kappa shape index (κ1) is 24.2. The van der Waals surface area contributed by atoms with Gasteiger partial charge < -0.3 is 15.0 Å². The number of nitrogens with one attached hydrogen (secondary N) is 1. The number of ether oxygens (including phenoxy) is 1. The zero-order chi connectivity index (χ0) is 25.3. The van der Waals surface area contributed by atoms with E-state index in [2.05, 4.69) is 15.4 Å². The third-order valence-electron chi connectivity index (χ3n) is 5.69. The Morgan fingerprint density at radius 2 is 1.94 bits per heavy atom. The maximum absolute atomic E-state index is 13.1.